The smallest absolute Gasteiger partial charge is 0.251 e. The molecule has 32 heavy (non-hydrogen) atoms. The average molecular weight is 476 g/mol. The molecule has 0 bridgehead atoms. The van der Waals surface area contributed by atoms with Crippen LogP contribution in [0.2, 0.25) is 5.02 Å². The Balaban J connectivity index is 1.60. The van der Waals surface area contributed by atoms with Crippen LogP contribution in [0.1, 0.15) is 22.2 Å². The number of anilines is 1. The fourth-order valence-electron chi connectivity index (χ4n) is 2.79. The van der Waals surface area contributed by atoms with Gasteiger partial charge in [-0.25, -0.2) is 0 Å². The van der Waals surface area contributed by atoms with E-state index in [4.69, 9.17) is 16.3 Å². The molecule has 3 rings (SSSR count). The topological polar surface area (TPSA) is 118 Å². The van der Waals surface area contributed by atoms with Crippen LogP contribution in [0.25, 0.3) is 0 Å². The van der Waals surface area contributed by atoms with Crippen molar-refractivity contribution in [3.05, 3.63) is 64.9 Å². The molecule has 2 aromatic carbocycles. The summed E-state index contributed by atoms with van der Waals surface area (Å²) in [7, 11) is 3.25. The maximum absolute atomic E-state index is 12.5. The number of carbonyl (C=O) groups is 2. The van der Waals surface area contributed by atoms with Gasteiger partial charge in [0.15, 0.2) is 11.0 Å². The van der Waals surface area contributed by atoms with Crippen LogP contribution in [0.5, 0.6) is 5.75 Å². The van der Waals surface area contributed by atoms with Crippen molar-refractivity contribution in [2.75, 3.05) is 24.8 Å². The lowest BCUT2D eigenvalue weighted by Gasteiger charge is -2.16. The van der Waals surface area contributed by atoms with Crippen molar-refractivity contribution >= 4 is 40.9 Å². The number of nitrogens with zero attached hydrogens (tertiary/aromatic N) is 3. The quantitative estimate of drug-likeness (QED) is 0.407. The van der Waals surface area contributed by atoms with Crippen LogP contribution in [-0.4, -0.2) is 51.2 Å². The Labute approximate surface area is 194 Å². The average Bonchev–Trinajstić information content (AvgIpc) is 3.17. The minimum Gasteiger partial charge on any atom is -0.497 e. The van der Waals surface area contributed by atoms with Gasteiger partial charge in [0.25, 0.3) is 5.91 Å². The Morgan fingerprint density at radius 2 is 1.84 bits per heavy atom. The first kappa shape index (κ1) is 23.6. The number of benzene rings is 2. The van der Waals surface area contributed by atoms with Crippen LogP contribution in [0.15, 0.2) is 53.7 Å². The van der Waals surface area contributed by atoms with E-state index >= 15 is 0 Å². The summed E-state index contributed by atoms with van der Waals surface area (Å²) in [6, 6.07) is 12.6. The minimum absolute atomic E-state index is 0.108. The molecule has 0 aliphatic heterocycles. The lowest BCUT2D eigenvalue weighted by atomic mass is 10.2. The summed E-state index contributed by atoms with van der Waals surface area (Å²) in [6.07, 6.45) is 0. The first-order valence-electron chi connectivity index (χ1n) is 9.54. The number of aliphatic hydroxyl groups is 1. The standard InChI is InChI=1S/C21H22ClN5O4S/c1-27-19(17(11-28)24-20(30)13-3-9-16(31-2)10-4-13)25-26-21(27)32-12-18(29)23-15-7-5-14(22)6-8-15/h3-10,17,28H,11-12H2,1-2H3,(H,23,29)(H,24,30). The lowest BCUT2D eigenvalue weighted by molar-refractivity contribution is -0.113. The number of hydrogen-bond acceptors (Lipinski definition) is 7. The summed E-state index contributed by atoms with van der Waals surface area (Å²) >= 11 is 7.03. The molecule has 1 unspecified atom stereocenters. The number of rotatable bonds is 9. The highest BCUT2D eigenvalue weighted by Crippen LogP contribution is 2.21. The van der Waals surface area contributed by atoms with Crippen molar-refractivity contribution in [2.24, 2.45) is 7.05 Å². The molecule has 0 aliphatic carbocycles. The molecule has 0 aliphatic rings. The van der Waals surface area contributed by atoms with E-state index < -0.39 is 6.04 Å². The van der Waals surface area contributed by atoms with Crippen molar-refractivity contribution in [3.63, 3.8) is 0 Å². The molecule has 168 valence electrons. The largest absolute Gasteiger partial charge is 0.497 e. The monoisotopic (exact) mass is 475 g/mol. The van der Waals surface area contributed by atoms with Gasteiger partial charge in [-0.1, -0.05) is 23.4 Å². The number of nitrogens with one attached hydrogen (secondary N) is 2. The Kier molecular flexibility index (Phi) is 8.09. The first-order chi connectivity index (χ1) is 15.4. The van der Waals surface area contributed by atoms with Crippen LogP contribution in [-0.2, 0) is 11.8 Å². The van der Waals surface area contributed by atoms with Crippen LogP contribution in [0, 0.1) is 0 Å². The van der Waals surface area contributed by atoms with E-state index in [0.29, 0.717) is 33.0 Å². The number of thioether (sulfide) groups is 1. The number of aliphatic hydroxyl groups excluding tert-OH is 1. The normalized spacial score (nSPS) is 11.6. The van der Waals surface area contributed by atoms with E-state index in [1.165, 1.54) is 11.8 Å². The van der Waals surface area contributed by atoms with Gasteiger partial charge in [0.2, 0.25) is 5.91 Å². The molecule has 1 aromatic heterocycles. The van der Waals surface area contributed by atoms with E-state index in [1.54, 1.807) is 67.3 Å². The number of ether oxygens (including phenoxy) is 1. The summed E-state index contributed by atoms with van der Waals surface area (Å²) in [5.41, 5.74) is 1.06. The van der Waals surface area contributed by atoms with Gasteiger partial charge in [-0.15, -0.1) is 10.2 Å². The van der Waals surface area contributed by atoms with E-state index in [9.17, 15) is 14.7 Å². The van der Waals surface area contributed by atoms with Crippen molar-refractivity contribution in [1.82, 2.24) is 20.1 Å². The van der Waals surface area contributed by atoms with Crippen LogP contribution >= 0.6 is 23.4 Å². The van der Waals surface area contributed by atoms with Gasteiger partial charge in [-0.3, -0.25) is 9.59 Å². The minimum atomic E-state index is -0.764. The number of carbonyl (C=O) groups excluding carboxylic acids is 2. The van der Waals surface area contributed by atoms with Gasteiger partial charge in [0.1, 0.15) is 11.8 Å². The van der Waals surface area contributed by atoms with Gasteiger partial charge in [0, 0.05) is 23.3 Å². The zero-order chi connectivity index (χ0) is 23.1. The lowest BCUT2D eigenvalue weighted by Crippen LogP contribution is -2.32. The third kappa shape index (κ3) is 6.00. The number of hydrogen-bond donors (Lipinski definition) is 3. The third-order valence-corrected chi connectivity index (χ3v) is 5.75. The second-order valence-corrected chi connectivity index (χ2v) is 8.06. The molecule has 0 fully saturated rings. The van der Waals surface area contributed by atoms with Crippen LogP contribution in [0.3, 0.4) is 0 Å². The Morgan fingerprint density at radius 1 is 1.16 bits per heavy atom. The molecular formula is C21H22ClN5O4S. The molecule has 1 atom stereocenters. The van der Waals surface area contributed by atoms with Gasteiger partial charge < -0.3 is 25.0 Å². The first-order valence-corrected chi connectivity index (χ1v) is 10.9. The molecule has 11 heteroatoms. The fraction of sp³-hybridized carbons (Fsp3) is 0.238. The third-order valence-electron chi connectivity index (χ3n) is 4.48. The number of halogens is 1. The summed E-state index contributed by atoms with van der Waals surface area (Å²) in [5, 5.41) is 24.5. The van der Waals surface area contributed by atoms with Gasteiger partial charge in [-0.05, 0) is 48.5 Å². The van der Waals surface area contributed by atoms with Crippen molar-refractivity contribution < 1.29 is 19.4 Å². The number of amides is 2. The predicted octanol–water partition coefficient (Wildman–Crippen LogP) is 2.67. The highest BCUT2D eigenvalue weighted by Gasteiger charge is 2.22. The molecule has 3 N–H and O–H groups in total. The molecular weight excluding hydrogens is 454 g/mol. The van der Waals surface area contributed by atoms with Gasteiger partial charge in [0.05, 0.1) is 19.5 Å². The second kappa shape index (κ2) is 11.0. The Hall–Kier alpha value is -3.08. The molecule has 0 saturated carbocycles. The van der Waals surface area contributed by atoms with E-state index in [1.807, 2.05) is 0 Å². The highest BCUT2D eigenvalue weighted by atomic mass is 35.5. The van der Waals surface area contributed by atoms with Gasteiger partial charge >= 0.3 is 0 Å². The molecule has 2 amide bonds. The molecule has 3 aromatic rings. The maximum atomic E-state index is 12.5. The molecule has 0 radical (unpaired) electrons. The molecule has 9 nitrogen and oxygen atoms in total. The zero-order valence-corrected chi connectivity index (χ0v) is 19.0. The summed E-state index contributed by atoms with van der Waals surface area (Å²) in [4.78, 5) is 24.7. The fourth-order valence-corrected chi connectivity index (χ4v) is 3.64. The molecule has 0 spiro atoms. The summed E-state index contributed by atoms with van der Waals surface area (Å²) in [6.45, 7) is -0.365. The van der Waals surface area contributed by atoms with Gasteiger partial charge in [-0.2, -0.15) is 0 Å². The Bertz CT molecular complexity index is 1070. The molecule has 0 saturated heterocycles. The van der Waals surface area contributed by atoms with Crippen molar-refractivity contribution in [2.45, 2.75) is 11.2 Å². The van der Waals surface area contributed by atoms with Crippen LogP contribution < -0.4 is 15.4 Å². The maximum Gasteiger partial charge on any atom is 0.251 e. The van der Waals surface area contributed by atoms with E-state index in [2.05, 4.69) is 20.8 Å². The zero-order valence-electron chi connectivity index (χ0n) is 17.4. The van der Waals surface area contributed by atoms with Crippen molar-refractivity contribution in [3.8, 4) is 5.75 Å². The Morgan fingerprint density at radius 3 is 2.47 bits per heavy atom. The van der Waals surface area contributed by atoms with E-state index in [-0.39, 0.29) is 24.2 Å². The number of methoxy groups -OCH3 is 1. The summed E-state index contributed by atoms with van der Waals surface area (Å²) in [5.74, 6) is 0.529. The van der Waals surface area contributed by atoms with Crippen LogP contribution in [0.4, 0.5) is 5.69 Å². The summed E-state index contributed by atoms with van der Waals surface area (Å²) < 4.78 is 6.72. The number of aromatic nitrogens is 3. The van der Waals surface area contributed by atoms with Crippen molar-refractivity contribution in [1.29, 1.82) is 0 Å². The molecule has 1 heterocycles. The highest BCUT2D eigenvalue weighted by molar-refractivity contribution is 7.99. The SMILES string of the molecule is COc1ccc(C(=O)NC(CO)c2nnc(SCC(=O)Nc3ccc(Cl)cc3)n2C)cc1. The van der Waals surface area contributed by atoms with E-state index in [0.717, 1.165) is 0 Å². The predicted molar refractivity (Wildman–Crippen MR) is 122 cm³/mol. The second-order valence-electron chi connectivity index (χ2n) is 6.68.